The molecule has 7 heteroatoms. The number of aryl methyl sites for hydroxylation is 1. The molecule has 1 fully saturated rings. The van der Waals surface area contributed by atoms with Crippen LogP contribution in [0, 0.1) is 13.8 Å². The second-order valence-corrected chi connectivity index (χ2v) is 8.95. The zero-order valence-corrected chi connectivity index (χ0v) is 15.7. The molecular weight excluding hydrogens is 328 g/mol. The molecule has 1 amide bonds. The lowest BCUT2D eigenvalue weighted by Gasteiger charge is -2.27. The van der Waals surface area contributed by atoms with E-state index in [1.807, 2.05) is 33.8 Å². The van der Waals surface area contributed by atoms with Crippen molar-refractivity contribution >= 4 is 16.1 Å². The zero-order chi connectivity index (χ0) is 18.3. The fourth-order valence-corrected chi connectivity index (χ4v) is 3.44. The molecule has 1 aromatic carbocycles. The lowest BCUT2D eigenvalue weighted by Crippen LogP contribution is -2.37. The van der Waals surface area contributed by atoms with Gasteiger partial charge in [0, 0.05) is 12.6 Å². The van der Waals surface area contributed by atoms with Crippen molar-refractivity contribution < 1.29 is 17.9 Å². The molecule has 0 spiro atoms. The fraction of sp³-hybridized carbons (Fsp3) is 0.588. The number of primary sulfonamides is 1. The van der Waals surface area contributed by atoms with E-state index in [9.17, 15) is 13.2 Å². The molecule has 1 aromatic rings. The van der Waals surface area contributed by atoms with Crippen LogP contribution >= 0.6 is 0 Å². The average Bonchev–Trinajstić information content (AvgIpc) is 3.20. The summed E-state index contributed by atoms with van der Waals surface area (Å²) in [6.45, 7) is 9.35. The number of carbonyl (C=O) groups excluding carboxylic acids is 1. The molecule has 1 aliphatic carbocycles. The van der Waals surface area contributed by atoms with E-state index < -0.39 is 15.6 Å². The number of rotatable bonds is 4. The van der Waals surface area contributed by atoms with Gasteiger partial charge in [0.1, 0.15) is 5.60 Å². The molecule has 134 valence electrons. The number of ether oxygens (including phenoxy) is 1. The summed E-state index contributed by atoms with van der Waals surface area (Å²) in [5, 5.41) is 5.31. The Bertz CT molecular complexity index is 747. The Labute approximate surface area is 144 Å². The molecule has 0 aromatic heterocycles. The van der Waals surface area contributed by atoms with Crippen LogP contribution in [0.5, 0.6) is 0 Å². The first-order valence-corrected chi connectivity index (χ1v) is 9.55. The van der Waals surface area contributed by atoms with Gasteiger partial charge < -0.3 is 9.64 Å². The normalized spacial score (nSPS) is 15.2. The van der Waals surface area contributed by atoms with Crippen molar-refractivity contribution in [2.24, 2.45) is 5.14 Å². The predicted octanol–water partition coefficient (Wildman–Crippen LogP) is 2.85. The van der Waals surface area contributed by atoms with Crippen molar-refractivity contribution in [3.63, 3.8) is 0 Å². The molecule has 0 atom stereocenters. The van der Waals surface area contributed by atoms with Crippen LogP contribution in [-0.2, 0) is 21.3 Å². The second kappa shape index (κ2) is 6.37. The number of nitrogens with zero attached hydrogens (tertiary/aromatic N) is 1. The Morgan fingerprint density at radius 1 is 1.29 bits per heavy atom. The summed E-state index contributed by atoms with van der Waals surface area (Å²) in [4.78, 5) is 14.2. The van der Waals surface area contributed by atoms with Crippen LogP contribution in [0.3, 0.4) is 0 Å². The molecule has 2 rings (SSSR count). The topological polar surface area (TPSA) is 89.7 Å². The van der Waals surface area contributed by atoms with Crippen molar-refractivity contribution in [2.75, 3.05) is 0 Å². The quantitative estimate of drug-likeness (QED) is 0.900. The van der Waals surface area contributed by atoms with E-state index >= 15 is 0 Å². The minimum atomic E-state index is -3.80. The Balaban J connectivity index is 2.31. The van der Waals surface area contributed by atoms with Gasteiger partial charge in [-0.1, -0.05) is 6.07 Å². The Morgan fingerprint density at radius 2 is 1.88 bits per heavy atom. The highest BCUT2D eigenvalue weighted by atomic mass is 32.2. The molecular formula is C17H26N2O4S. The second-order valence-electron chi connectivity index (χ2n) is 7.42. The number of amides is 1. The summed E-state index contributed by atoms with van der Waals surface area (Å²) in [6.07, 6.45) is 1.50. The van der Waals surface area contributed by atoms with Gasteiger partial charge in [0.25, 0.3) is 0 Å². The number of nitrogens with two attached hydrogens (primary N) is 1. The molecule has 2 N–H and O–H groups in total. The van der Waals surface area contributed by atoms with Crippen molar-refractivity contribution in [1.29, 1.82) is 0 Å². The van der Waals surface area contributed by atoms with Crippen LogP contribution in [0.25, 0.3) is 0 Å². The van der Waals surface area contributed by atoms with Crippen molar-refractivity contribution in [2.45, 2.75) is 70.5 Å². The van der Waals surface area contributed by atoms with E-state index in [1.54, 1.807) is 17.9 Å². The Kier molecular flexibility index (Phi) is 4.97. The highest BCUT2D eigenvalue weighted by molar-refractivity contribution is 7.89. The molecule has 0 heterocycles. The molecule has 0 saturated heterocycles. The van der Waals surface area contributed by atoms with Crippen LogP contribution in [0.2, 0.25) is 0 Å². The summed E-state index contributed by atoms with van der Waals surface area (Å²) in [5.74, 6) is 0. The lowest BCUT2D eigenvalue weighted by molar-refractivity contribution is 0.0216. The van der Waals surface area contributed by atoms with Gasteiger partial charge in [-0.2, -0.15) is 0 Å². The SMILES string of the molecule is Cc1cc(CN(C(=O)OC(C)(C)C)C2CC2)cc(S(N)(=O)=O)c1C. The third-order valence-corrected chi connectivity index (χ3v) is 4.99. The summed E-state index contributed by atoms with van der Waals surface area (Å²) in [7, 11) is -3.80. The van der Waals surface area contributed by atoms with E-state index in [1.165, 1.54) is 0 Å². The Hall–Kier alpha value is -1.60. The van der Waals surface area contributed by atoms with Crippen molar-refractivity contribution in [3.05, 3.63) is 28.8 Å². The van der Waals surface area contributed by atoms with Gasteiger partial charge in [-0.25, -0.2) is 18.4 Å². The van der Waals surface area contributed by atoms with Crippen molar-refractivity contribution in [1.82, 2.24) is 4.90 Å². The smallest absolute Gasteiger partial charge is 0.410 e. The van der Waals surface area contributed by atoms with E-state index in [-0.39, 0.29) is 17.0 Å². The maximum Gasteiger partial charge on any atom is 0.410 e. The third-order valence-electron chi connectivity index (χ3n) is 3.95. The average molecular weight is 354 g/mol. The van der Waals surface area contributed by atoms with Gasteiger partial charge in [0.2, 0.25) is 10.0 Å². The van der Waals surface area contributed by atoms with Crippen LogP contribution in [0.4, 0.5) is 4.79 Å². The third kappa shape index (κ3) is 4.70. The number of benzene rings is 1. The molecule has 0 unspecified atom stereocenters. The van der Waals surface area contributed by atoms with Crippen LogP contribution in [-0.4, -0.2) is 31.1 Å². The lowest BCUT2D eigenvalue weighted by atomic mass is 10.1. The van der Waals surface area contributed by atoms with Crippen LogP contribution in [0.15, 0.2) is 17.0 Å². The monoisotopic (exact) mass is 354 g/mol. The Morgan fingerprint density at radius 3 is 2.33 bits per heavy atom. The van der Waals surface area contributed by atoms with Gasteiger partial charge in [-0.05, 0) is 70.2 Å². The van der Waals surface area contributed by atoms with Gasteiger partial charge in [0.15, 0.2) is 0 Å². The van der Waals surface area contributed by atoms with E-state index in [2.05, 4.69) is 0 Å². The molecule has 0 aliphatic heterocycles. The van der Waals surface area contributed by atoms with E-state index in [4.69, 9.17) is 9.88 Å². The molecule has 0 bridgehead atoms. The minimum absolute atomic E-state index is 0.109. The summed E-state index contributed by atoms with van der Waals surface area (Å²) in [6, 6.07) is 3.60. The predicted molar refractivity (Wildman–Crippen MR) is 92.1 cm³/mol. The first kappa shape index (κ1) is 18.7. The number of hydrogen-bond donors (Lipinski definition) is 1. The van der Waals surface area contributed by atoms with Gasteiger partial charge in [-0.15, -0.1) is 0 Å². The highest BCUT2D eigenvalue weighted by Crippen LogP contribution is 2.31. The number of hydrogen-bond acceptors (Lipinski definition) is 4. The number of sulfonamides is 1. The van der Waals surface area contributed by atoms with Crippen LogP contribution < -0.4 is 5.14 Å². The number of carbonyl (C=O) groups is 1. The molecule has 1 saturated carbocycles. The summed E-state index contributed by atoms with van der Waals surface area (Å²) < 4.78 is 29.0. The largest absolute Gasteiger partial charge is 0.444 e. The molecule has 0 radical (unpaired) electrons. The van der Waals surface area contributed by atoms with E-state index in [0.717, 1.165) is 24.0 Å². The zero-order valence-electron chi connectivity index (χ0n) is 14.9. The maximum absolute atomic E-state index is 12.4. The standard InChI is InChI=1S/C17H26N2O4S/c1-11-8-13(9-15(12(11)2)24(18,21)22)10-19(14-6-7-14)16(20)23-17(3,4)5/h8-9,14H,6-7,10H2,1-5H3,(H2,18,21,22). The van der Waals surface area contributed by atoms with Crippen LogP contribution in [0.1, 0.15) is 50.3 Å². The van der Waals surface area contributed by atoms with Gasteiger partial charge in [0.05, 0.1) is 4.90 Å². The maximum atomic E-state index is 12.4. The molecule has 6 nitrogen and oxygen atoms in total. The fourth-order valence-electron chi connectivity index (χ4n) is 2.53. The van der Waals surface area contributed by atoms with Gasteiger partial charge in [-0.3, -0.25) is 0 Å². The minimum Gasteiger partial charge on any atom is -0.444 e. The first-order chi connectivity index (χ1) is 10.9. The summed E-state index contributed by atoms with van der Waals surface area (Å²) >= 11 is 0. The van der Waals surface area contributed by atoms with Crippen molar-refractivity contribution in [3.8, 4) is 0 Å². The van der Waals surface area contributed by atoms with E-state index in [0.29, 0.717) is 12.1 Å². The summed E-state index contributed by atoms with van der Waals surface area (Å²) in [5.41, 5.74) is 1.63. The molecule has 24 heavy (non-hydrogen) atoms. The highest BCUT2D eigenvalue weighted by Gasteiger charge is 2.35. The van der Waals surface area contributed by atoms with Gasteiger partial charge >= 0.3 is 6.09 Å². The first-order valence-electron chi connectivity index (χ1n) is 8.01. The molecule has 1 aliphatic rings.